The summed E-state index contributed by atoms with van der Waals surface area (Å²) >= 11 is 3.71. The highest BCUT2D eigenvalue weighted by atomic mass is 32.1. The van der Waals surface area contributed by atoms with Gasteiger partial charge in [-0.1, -0.05) is 103 Å². The molecule has 0 amide bonds. The SMILES string of the molecule is c1ccc2cc(-c3ccc(N(c4ccc5sc6ccccc6c5c4)c4cccc5sc6ccc7oc8c9ccccc9ccc8c7c6c45)cc3)ccc2c1. The minimum atomic E-state index is 0.917. The zero-order chi connectivity index (χ0) is 35.3. The third-order valence-electron chi connectivity index (χ3n) is 11.0. The number of benzene rings is 9. The van der Waals surface area contributed by atoms with Crippen LogP contribution in [0.25, 0.3) is 95.0 Å². The molecule has 4 heteroatoms. The largest absolute Gasteiger partial charge is 0.455 e. The molecule has 0 bridgehead atoms. The van der Waals surface area contributed by atoms with Gasteiger partial charge in [-0.25, -0.2) is 0 Å². The summed E-state index contributed by atoms with van der Waals surface area (Å²) in [7, 11) is 0. The van der Waals surface area contributed by atoms with E-state index in [2.05, 4.69) is 181 Å². The molecule has 0 N–H and O–H groups in total. The Morgan fingerprint density at radius 3 is 1.94 bits per heavy atom. The summed E-state index contributed by atoms with van der Waals surface area (Å²) in [4.78, 5) is 2.46. The minimum Gasteiger partial charge on any atom is -0.455 e. The third-order valence-corrected chi connectivity index (χ3v) is 13.3. The van der Waals surface area contributed by atoms with Crippen LogP contribution in [0.3, 0.4) is 0 Å². The quantitative estimate of drug-likeness (QED) is 0.180. The highest BCUT2D eigenvalue weighted by Crippen LogP contribution is 2.50. The first-order valence-corrected chi connectivity index (χ1v) is 19.9. The van der Waals surface area contributed by atoms with Crippen molar-refractivity contribution in [2.75, 3.05) is 4.90 Å². The molecule has 0 aliphatic heterocycles. The van der Waals surface area contributed by atoms with E-state index >= 15 is 0 Å². The number of furan rings is 1. The number of hydrogen-bond donors (Lipinski definition) is 0. The van der Waals surface area contributed by atoms with Crippen molar-refractivity contribution in [1.29, 1.82) is 0 Å². The maximum Gasteiger partial charge on any atom is 0.143 e. The molecule has 0 fully saturated rings. The lowest BCUT2D eigenvalue weighted by atomic mass is 10.00. The van der Waals surface area contributed by atoms with E-state index in [4.69, 9.17) is 4.42 Å². The standard InChI is InChI=1S/C50H29NOS2/c1-2-10-33-28-34(17-16-30(33)8-1)31-18-21-35(22-19-31)51(36-23-26-44-40(29-36)38-12-5-6-14-43(38)53-44)41-13-7-15-45-48(41)49-46(54-45)27-25-42-47(49)39-24-20-32-9-3-4-11-37(32)50(39)52-42/h1-29H. The van der Waals surface area contributed by atoms with Crippen LogP contribution in [0.15, 0.2) is 180 Å². The Balaban J connectivity index is 1.12. The molecule has 0 aliphatic carbocycles. The maximum absolute atomic E-state index is 6.72. The fourth-order valence-electron chi connectivity index (χ4n) is 8.52. The Morgan fingerprint density at radius 1 is 0.370 bits per heavy atom. The minimum absolute atomic E-state index is 0.917. The molecule has 54 heavy (non-hydrogen) atoms. The lowest BCUT2D eigenvalue weighted by Gasteiger charge is -2.27. The van der Waals surface area contributed by atoms with Gasteiger partial charge in [0.2, 0.25) is 0 Å². The van der Waals surface area contributed by atoms with E-state index in [-0.39, 0.29) is 0 Å². The second kappa shape index (κ2) is 11.5. The zero-order valence-electron chi connectivity index (χ0n) is 28.9. The molecule has 0 unspecified atom stereocenters. The van der Waals surface area contributed by atoms with E-state index in [9.17, 15) is 0 Å². The van der Waals surface area contributed by atoms with Gasteiger partial charge in [0, 0.05) is 67.9 Å². The molecule has 252 valence electrons. The predicted octanol–water partition coefficient (Wildman–Crippen LogP) is 15.8. The maximum atomic E-state index is 6.72. The number of fused-ring (bicyclic) bond motifs is 13. The summed E-state index contributed by atoms with van der Waals surface area (Å²) in [5.74, 6) is 0. The molecule has 3 aromatic heterocycles. The van der Waals surface area contributed by atoms with E-state index in [1.54, 1.807) is 0 Å². The van der Waals surface area contributed by atoms with Gasteiger partial charge in [0.05, 0.1) is 5.69 Å². The highest BCUT2D eigenvalue weighted by molar-refractivity contribution is 7.26. The Hall–Kier alpha value is -6.46. The van der Waals surface area contributed by atoms with Crippen LogP contribution in [0.2, 0.25) is 0 Å². The third kappa shape index (κ3) is 4.45. The summed E-state index contributed by atoms with van der Waals surface area (Å²) in [5, 5.41) is 12.2. The number of thiophene rings is 2. The van der Waals surface area contributed by atoms with Crippen molar-refractivity contribution in [3.63, 3.8) is 0 Å². The van der Waals surface area contributed by atoms with Crippen molar-refractivity contribution in [1.82, 2.24) is 0 Å². The van der Waals surface area contributed by atoms with Crippen molar-refractivity contribution in [3.8, 4) is 11.1 Å². The summed E-state index contributed by atoms with van der Waals surface area (Å²) in [5.41, 5.74) is 7.67. The van der Waals surface area contributed by atoms with E-state index in [0.29, 0.717) is 0 Å². The molecule has 0 atom stereocenters. The van der Waals surface area contributed by atoms with Crippen LogP contribution in [0.1, 0.15) is 0 Å². The van der Waals surface area contributed by atoms with Gasteiger partial charge in [0.15, 0.2) is 0 Å². The van der Waals surface area contributed by atoms with Gasteiger partial charge >= 0.3 is 0 Å². The smallest absolute Gasteiger partial charge is 0.143 e. The van der Waals surface area contributed by atoms with Gasteiger partial charge in [-0.2, -0.15) is 0 Å². The molecule has 0 saturated heterocycles. The van der Waals surface area contributed by atoms with Crippen LogP contribution in [0.5, 0.6) is 0 Å². The van der Waals surface area contributed by atoms with E-state index in [1.165, 1.54) is 73.0 Å². The van der Waals surface area contributed by atoms with Crippen molar-refractivity contribution in [2.24, 2.45) is 0 Å². The van der Waals surface area contributed by atoms with Gasteiger partial charge in [0.25, 0.3) is 0 Å². The van der Waals surface area contributed by atoms with Crippen LogP contribution in [-0.2, 0) is 0 Å². The molecule has 9 aromatic carbocycles. The summed E-state index contributed by atoms with van der Waals surface area (Å²) in [6, 6.07) is 64.3. The van der Waals surface area contributed by atoms with E-state index in [0.717, 1.165) is 39.0 Å². The average molecular weight is 724 g/mol. The van der Waals surface area contributed by atoms with Gasteiger partial charge in [-0.15, -0.1) is 22.7 Å². The highest BCUT2D eigenvalue weighted by Gasteiger charge is 2.23. The van der Waals surface area contributed by atoms with Crippen molar-refractivity contribution in [2.45, 2.75) is 0 Å². The Kier molecular flexibility index (Phi) is 6.41. The second-order valence-corrected chi connectivity index (χ2v) is 16.2. The van der Waals surface area contributed by atoms with Crippen LogP contribution in [0.4, 0.5) is 17.1 Å². The Labute approximate surface area is 318 Å². The fraction of sp³-hybridized carbons (Fsp3) is 0. The first-order valence-electron chi connectivity index (χ1n) is 18.2. The lowest BCUT2D eigenvalue weighted by molar-refractivity contribution is 0.673. The van der Waals surface area contributed by atoms with Gasteiger partial charge < -0.3 is 9.32 Å². The van der Waals surface area contributed by atoms with Crippen molar-refractivity contribution in [3.05, 3.63) is 176 Å². The Bertz CT molecular complexity index is 3460. The van der Waals surface area contributed by atoms with Gasteiger partial charge in [0.1, 0.15) is 11.2 Å². The second-order valence-electron chi connectivity index (χ2n) is 14.1. The average Bonchev–Trinajstić information content (AvgIpc) is 3.92. The molecule has 12 aromatic rings. The summed E-state index contributed by atoms with van der Waals surface area (Å²) < 4.78 is 11.8. The number of anilines is 3. The fourth-order valence-corrected chi connectivity index (χ4v) is 10.7. The van der Waals surface area contributed by atoms with Crippen molar-refractivity contribution >= 4 is 124 Å². The molecule has 12 rings (SSSR count). The summed E-state index contributed by atoms with van der Waals surface area (Å²) in [6.45, 7) is 0. The summed E-state index contributed by atoms with van der Waals surface area (Å²) in [6.07, 6.45) is 0. The monoisotopic (exact) mass is 723 g/mol. The first kappa shape index (κ1) is 30.0. The van der Waals surface area contributed by atoms with Crippen molar-refractivity contribution < 1.29 is 4.42 Å². The molecule has 0 aliphatic rings. The molecular formula is C50H29NOS2. The molecule has 2 nitrogen and oxygen atoms in total. The molecule has 0 saturated carbocycles. The predicted molar refractivity (Wildman–Crippen MR) is 235 cm³/mol. The zero-order valence-corrected chi connectivity index (χ0v) is 30.5. The van der Waals surface area contributed by atoms with Crippen LogP contribution >= 0.6 is 22.7 Å². The molecular weight excluding hydrogens is 695 g/mol. The lowest BCUT2D eigenvalue weighted by Crippen LogP contribution is -2.10. The van der Waals surface area contributed by atoms with Crippen LogP contribution < -0.4 is 4.90 Å². The molecule has 3 heterocycles. The normalized spacial score (nSPS) is 12.1. The molecule has 0 spiro atoms. The number of rotatable bonds is 4. The molecule has 0 radical (unpaired) electrons. The van der Waals surface area contributed by atoms with Gasteiger partial charge in [-0.05, 0) is 100 Å². The first-order chi connectivity index (χ1) is 26.7. The van der Waals surface area contributed by atoms with Gasteiger partial charge in [-0.3, -0.25) is 0 Å². The topological polar surface area (TPSA) is 16.4 Å². The number of nitrogens with zero attached hydrogens (tertiary/aromatic N) is 1. The van der Waals surface area contributed by atoms with E-state index < -0.39 is 0 Å². The number of hydrogen-bond acceptors (Lipinski definition) is 4. The van der Waals surface area contributed by atoms with Crippen LogP contribution in [0, 0.1) is 0 Å². The van der Waals surface area contributed by atoms with E-state index in [1.807, 2.05) is 22.7 Å². The Morgan fingerprint density at radius 2 is 1.04 bits per heavy atom. The van der Waals surface area contributed by atoms with Crippen LogP contribution in [-0.4, -0.2) is 0 Å².